The Morgan fingerprint density at radius 3 is 2.80 bits per heavy atom. The summed E-state index contributed by atoms with van der Waals surface area (Å²) in [6.45, 7) is 12.6. The van der Waals surface area contributed by atoms with Crippen LogP contribution in [0.3, 0.4) is 0 Å². The first-order chi connectivity index (χ1) is 11.9. The second kappa shape index (κ2) is 7.46. The van der Waals surface area contributed by atoms with Crippen molar-refractivity contribution in [3.05, 3.63) is 17.0 Å². The summed E-state index contributed by atoms with van der Waals surface area (Å²) < 4.78 is 13.6. The van der Waals surface area contributed by atoms with Gasteiger partial charge in [-0.2, -0.15) is 5.10 Å². The van der Waals surface area contributed by atoms with Gasteiger partial charge < -0.3 is 14.4 Å². The van der Waals surface area contributed by atoms with E-state index in [1.807, 2.05) is 16.5 Å². The minimum atomic E-state index is -0.294. The number of nitrogens with zero attached hydrogens (tertiary/aromatic N) is 3. The van der Waals surface area contributed by atoms with E-state index in [1.165, 1.54) is 0 Å². The summed E-state index contributed by atoms with van der Waals surface area (Å²) in [7, 11) is 0. The maximum Gasteiger partial charge on any atom is 0.227 e. The van der Waals surface area contributed by atoms with Crippen molar-refractivity contribution < 1.29 is 14.3 Å². The van der Waals surface area contributed by atoms with Crippen molar-refractivity contribution >= 4 is 5.91 Å². The Bertz CT molecular complexity index is 612. The zero-order valence-corrected chi connectivity index (χ0v) is 16.0. The first-order valence-electron chi connectivity index (χ1n) is 9.42. The molecule has 2 saturated heterocycles. The molecular formula is C19H31N3O3. The Kier molecular flexibility index (Phi) is 5.49. The SMILES string of the molecule is Cc1nn(CC(C)C)c(C)c1CC(=O)N1CCOC2(CCCOC2)C1. The number of rotatable bonds is 4. The molecule has 0 saturated carbocycles. The second-order valence-corrected chi connectivity index (χ2v) is 7.91. The Balaban J connectivity index is 1.68. The van der Waals surface area contributed by atoms with Crippen molar-refractivity contribution in [2.45, 2.75) is 59.1 Å². The fraction of sp³-hybridized carbons (Fsp3) is 0.789. The molecular weight excluding hydrogens is 318 g/mol. The van der Waals surface area contributed by atoms with E-state index in [0.717, 1.165) is 42.9 Å². The molecule has 140 valence electrons. The molecule has 3 heterocycles. The van der Waals surface area contributed by atoms with Crippen LogP contribution in [-0.2, 0) is 27.2 Å². The minimum absolute atomic E-state index is 0.170. The Morgan fingerprint density at radius 2 is 2.12 bits per heavy atom. The van der Waals surface area contributed by atoms with Gasteiger partial charge in [-0.25, -0.2) is 0 Å². The third-order valence-corrected chi connectivity index (χ3v) is 5.28. The van der Waals surface area contributed by atoms with Crippen molar-refractivity contribution in [1.82, 2.24) is 14.7 Å². The zero-order chi connectivity index (χ0) is 18.0. The average molecular weight is 349 g/mol. The van der Waals surface area contributed by atoms with Crippen LogP contribution >= 0.6 is 0 Å². The van der Waals surface area contributed by atoms with Gasteiger partial charge in [-0.05, 0) is 32.6 Å². The average Bonchev–Trinajstić information content (AvgIpc) is 2.82. The summed E-state index contributed by atoms with van der Waals surface area (Å²) in [6.07, 6.45) is 2.40. The molecule has 1 aromatic rings. The molecule has 3 rings (SSSR count). The summed E-state index contributed by atoms with van der Waals surface area (Å²) in [5, 5.41) is 4.63. The van der Waals surface area contributed by atoms with E-state index < -0.39 is 0 Å². The molecule has 0 N–H and O–H groups in total. The summed E-state index contributed by atoms with van der Waals surface area (Å²) in [6, 6.07) is 0. The highest BCUT2D eigenvalue weighted by Crippen LogP contribution is 2.28. The predicted octanol–water partition coefficient (Wildman–Crippen LogP) is 2.11. The smallest absolute Gasteiger partial charge is 0.227 e. The van der Waals surface area contributed by atoms with Crippen LogP contribution < -0.4 is 0 Å². The number of aromatic nitrogens is 2. The first kappa shape index (κ1) is 18.4. The molecule has 0 aliphatic carbocycles. The van der Waals surface area contributed by atoms with Gasteiger partial charge in [-0.1, -0.05) is 13.8 Å². The Labute approximate surface area is 150 Å². The first-order valence-corrected chi connectivity index (χ1v) is 9.42. The lowest BCUT2D eigenvalue weighted by molar-refractivity contribution is -0.176. The van der Waals surface area contributed by atoms with Gasteiger partial charge in [0.15, 0.2) is 0 Å². The molecule has 1 amide bonds. The van der Waals surface area contributed by atoms with E-state index >= 15 is 0 Å². The Morgan fingerprint density at radius 1 is 1.32 bits per heavy atom. The van der Waals surface area contributed by atoms with E-state index in [0.29, 0.717) is 38.6 Å². The van der Waals surface area contributed by atoms with Crippen LogP contribution in [0.25, 0.3) is 0 Å². The van der Waals surface area contributed by atoms with Gasteiger partial charge in [-0.3, -0.25) is 9.48 Å². The van der Waals surface area contributed by atoms with E-state index in [2.05, 4.69) is 25.9 Å². The molecule has 1 atom stereocenters. The van der Waals surface area contributed by atoms with E-state index in [9.17, 15) is 4.79 Å². The molecule has 1 spiro atoms. The van der Waals surface area contributed by atoms with Crippen molar-refractivity contribution in [3.63, 3.8) is 0 Å². The normalized spacial score (nSPS) is 24.3. The van der Waals surface area contributed by atoms with Gasteiger partial charge >= 0.3 is 0 Å². The lowest BCUT2D eigenvalue weighted by atomic mass is 9.94. The molecule has 6 heteroatoms. The summed E-state index contributed by atoms with van der Waals surface area (Å²) in [5.41, 5.74) is 2.86. The molecule has 0 aromatic carbocycles. The van der Waals surface area contributed by atoms with Crippen LogP contribution in [-0.4, -0.2) is 59.1 Å². The van der Waals surface area contributed by atoms with Crippen LogP contribution in [0.5, 0.6) is 0 Å². The summed E-state index contributed by atoms with van der Waals surface area (Å²) >= 11 is 0. The lowest BCUT2D eigenvalue weighted by Crippen LogP contribution is -2.57. The van der Waals surface area contributed by atoms with Crippen LogP contribution in [0.1, 0.15) is 43.6 Å². The lowest BCUT2D eigenvalue weighted by Gasteiger charge is -2.44. The highest BCUT2D eigenvalue weighted by Gasteiger charge is 2.40. The third-order valence-electron chi connectivity index (χ3n) is 5.28. The second-order valence-electron chi connectivity index (χ2n) is 7.91. The van der Waals surface area contributed by atoms with Crippen LogP contribution in [0.15, 0.2) is 0 Å². The van der Waals surface area contributed by atoms with Gasteiger partial charge in [0.2, 0.25) is 5.91 Å². The number of morpholine rings is 1. The van der Waals surface area contributed by atoms with Gasteiger partial charge in [0.25, 0.3) is 0 Å². The number of amides is 1. The van der Waals surface area contributed by atoms with Gasteiger partial charge in [-0.15, -0.1) is 0 Å². The van der Waals surface area contributed by atoms with Gasteiger partial charge in [0, 0.05) is 31.0 Å². The molecule has 0 bridgehead atoms. The Hall–Kier alpha value is -1.40. The molecule has 1 unspecified atom stereocenters. The van der Waals surface area contributed by atoms with Crippen LogP contribution in [0, 0.1) is 19.8 Å². The van der Waals surface area contributed by atoms with Crippen molar-refractivity contribution in [3.8, 4) is 0 Å². The van der Waals surface area contributed by atoms with Gasteiger partial charge in [0.1, 0.15) is 5.60 Å². The largest absolute Gasteiger partial charge is 0.378 e. The zero-order valence-electron chi connectivity index (χ0n) is 16.0. The number of hydrogen-bond donors (Lipinski definition) is 0. The predicted molar refractivity (Wildman–Crippen MR) is 95.6 cm³/mol. The number of carbonyl (C=O) groups is 1. The van der Waals surface area contributed by atoms with Crippen molar-refractivity contribution in [2.75, 3.05) is 32.9 Å². The van der Waals surface area contributed by atoms with Crippen LogP contribution in [0.2, 0.25) is 0 Å². The summed E-state index contributed by atoms with van der Waals surface area (Å²) in [5.74, 6) is 0.704. The fourth-order valence-corrected chi connectivity index (χ4v) is 3.90. The highest BCUT2D eigenvalue weighted by molar-refractivity contribution is 5.79. The van der Waals surface area contributed by atoms with Crippen LogP contribution in [0.4, 0.5) is 0 Å². The number of carbonyl (C=O) groups excluding carboxylic acids is 1. The molecule has 1 aromatic heterocycles. The maximum absolute atomic E-state index is 12.9. The fourth-order valence-electron chi connectivity index (χ4n) is 3.90. The molecule has 2 aliphatic rings. The molecule has 6 nitrogen and oxygen atoms in total. The van der Waals surface area contributed by atoms with E-state index in [1.54, 1.807) is 0 Å². The minimum Gasteiger partial charge on any atom is -0.378 e. The highest BCUT2D eigenvalue weighted by atomic mass is 16.5. The number of aryl methyl sites for hydroxylation is 1. The third kappa shape index (κ3) is 4.06. The van der Waals surface area contributed by atoms with E-state index in [4.69, 9.17) is 9.47 Å². The summed E-state index contributed by atoms with van der Waals surface area (Å²) in [4.78, 5) is 14.9. The molecule has 0 radical (unpaired) electrons. The van der Waals surface area contributed by atoms with Gasteiger partial charge in [0.05, 0.1) is 31.9 Å². The number of hydrogen-bond acceptors (Lipinski definition) is 4. The molecule has 2 aliphatic heterocycles. The quantitative estimate of drug-likeness (QED) is 0.835. The number of ether oxygens (including phenoxy) is 2. The van der Waals surface area contributed by atoms with E-state index in [-0.39, 0.29) is 11.5 Å². The molecule has 25 heavy (non-hydrogen) atoms. The topological polar surface area (TPSA) is 56.6 Å². The standard InChI is InChI=1S/C19H31N3O3/c1-14(2)11-22-16(4)17(15(3)20-22)10-18(23)21-7-9-25-19(12-21)6-5-8-24-13-19/h14H,5-13H2,1-4H3. The maximum atomic E-state index is 12.9. The monoisotopic (exact) mass is 349 g/mol. The molecule has 2 fully saturated rings. The van der Waals surface area contributed by atoms with Crippen molar-refractivity contribution in [2.24, 2.45) is 5.92 Å². The van der Waals surface area contributed by atoms with Crippen molar-refractivity contribution in [1.29, 1.82) is 0 Å².